The Morgan fingerprint density at radius 1 is 0.906 bits per heavy atom. The lowest BCUT2D eigenvalue weighted by Gasteiger charge is -2.21. The molecule has 5 aromatic rings. The summed E-state index contributed by atoms with van der Waals surface area (Å²) in [5, 5.41) is 12.9. The van der Waals surface area contributed by atoms with Crippen molar-refractivity contribution in [2.45, 2.75) is 25.7 Å². The van der Waals surface area contributed by atoms with Crippen LogP contribution in [0, 0.1) is 0 Å². The summed E-state index contributed by atoms with van der Waals surface area (Å²) in [6.07, 6.45) is 10.1. The molecule has 0 saturated heterocycles. The molecule has 0 fully saturated rings. The zero-order chi connectivity index (χ0) is 21.5. The monoisotopic (exact) mass is 422 g/mol. The molecular formula is C25H22N6O. The van der Waals surface area contributed by atoms with Crippen LogP contribution in [0.25, 0.3) is 33.1 Å². The van der Waals surface area contributed by atoms with Crippen LogP contribution in [0.4, 0.5) is 11.6 Å². The van der Waals surface area contributed by atoms with Crippen LogP contribution in [0.2, 0.25) is 0 Å². The van der Waals surface area contributed by atoms with Gasteiger partial charge in [0.2, 0.25) is 5.95 Å². The van der Waals surface area contributed by atoms with Crippen LogP contribution >= 0.6 is 0 Å². The Balaban J connectivity index is 1.40. The Bertz CT molecular complexity index is 1420. The number of aromatic nitrogens is 5. The maximum Gasteiger partial charge on any atom is 0.227 e. The van der Waals surface area contributed by atoms with Gasteiger partial charge < -0.3 is 10.1 Å². The highest BCUT2D eigenvalue weighted by Gasteiger charge is 2.21. The van der Waals surface area contributed by atoms with E-state index >= 15 is 0 Å². The molecule has 0 bridgehead atoms. The number of anilines is 2. The summed E-state index contributed by atoms with van der Waals surface area (Å²) in [7, 11) is 1.65. The lowest BCUT2D eigenvalue weighted by atomic mass is 9.86. The van der Waals surface area contributed by atoms with Gasteiger partial charge in [-0.2, -0.15) is 5.10 Å². The van der Waals surface area contributed by atoms with Crippen LogP contribution in [0.15, 0.2) is 55.0 Å². The zero-order valence-electron chi connectivity index (χ0n) is 17.7. The third-order valence-electron chi connectivity index (χ3n) is 6.16. The van der Waals surface area contributed by atoms with Crippen molar-refractivity contribution in [2.75, 3.05) is 12.4 Å². The molecule has 0 spiro atoms. The number of fused-ring (bicyclic) bond motifs is 5. The van der Waals surface area contributed by atoms with Crippen LogP contribution in [-0.4, -0.2) is 32.3 Å². The minimum Gasteiger partial charge on any atom is -0.497 e. The maximum absolute atomic E-state index is 5.21. The number of rotatable bonds is 4. The van der Waals surface area contributed by atoms with Crippen molar-refractivity contribution < 1.29 is 4.74 Å². The van der Waals surface area contributed by atoms with Gasteiger partial charge in [0.1, 0.15) is 5.75 Å². The van der Waals surface area contributed by atoms with Crippen LogP contribution in [0.5, 0.6) is 5.75 Å². The van der Waals surface area contributed by atoms with Crippen molar-refractivity contribution in [3.8, 4) is 17.0 Å². The summed E-state index contributed by atoms with van der Waals surface area (Å²) < 4.78 is 5.21. The van der Waals surface area contributed by atoms with Gasteiger partial charge in [-0.1, -0.05) is 0 Å². The van der Waals surface area contributed by atoms with Crippen LogP contribution < -0.4 is 10.1 Å². The summed E-state index contributed by atoms with van der Waals surface area (Å²) in [5.41, 5.74) is 7.60. The lowest BCUT2D eigenvalue weighted by molar-refractivity contribution is 0.415. The van der Waals surface area contributed by atoms with Gasteiger partial charge in [-0.3, -0.25) is 5.10 Å². The second kappa shape index (κ2) is 7.60. The van der Waals surface area contributed by atoms with Crippen molar-refractivity contribution in [1.29, 1.82) is 0 Å². The van der Waals surface area contributed by atoms with Crippen molar-refractivity contribution in [3.63, 3.8) is 0 Å². The van der Waals surface area contributed by atoms with Crippen molar-refractivity contribution in [1.82, 2.24) is 25.1 Å². The smallest absolute Gasteiger partial charge is 0.227 e. The van der Waals surface area contributed by atoms with E-state index in [1.165, 1.54) is 29.4 Å². The van der Waals surface area contributed by atoms with Gasteiger partial charge >= 0.3 is 0 Å². The van der Waals surface area contributed by atoms with E-state index in [0.717, 1.165) is 52.0 Å². The average molecular weight is 422 g/mol. The Kier molecular flexibility index (Phi) is 4.45. The largest absolute Gasteiger partial charge is 0.497 e. The highest BCUT2D eigenvalue weighted by molar-refractivity contribution is 6.07. The fourth-order valence-corrected chi connectivity index (χ4v) is 4.60. The van der Waals surface area contributed by atoms with E-state index in [1.54, 1.807) is 7.11 Å². The fourth-order valence-electron chi connectivity index (χ4n) is 4.60. The number of hydrogen-bond acceptors (Lipinski definition) is 6. The summed E-state index contributed by atoms with van der Waals surface area (Å²) in [6.45, 7) is 0. The highest BCUT2D eigenvalue weighted by Crippen LogP contribution is 2.37. The molecule has 3 heterocycles. The van der Waals surface area contributed by atoms with Crippen molar-refractivity contribution in [3.05, 3.63) is 66.1 Å². The topological polar surface area (TPSA) is 88.6 Å². The number of aryl methyl sites for hydroxylation is 1. The summed E-state index contributed by atoms with van der Waals surface area (Å²) >= 11 is 0. The van der Waals surface area contributed by atoms with E-state index in [9.17, 15) is 0 Å². The molecule has 0 atom stereocenters. The molecule has 6 rings (SSSR count). The van der Waals surface area contributed by atoms with Gasteiger partial charge in [0.25, 0.3) is 0 Å². The molecule has 32 heavy (non-hydrogen) atoms. The van der Waals surface area contributed by atoms with E-state index in [2.05, 4.69) is 37.6 Å². The highest BCUT2D eigenvalue weighted by atomic mass is 16.5. The van der Waals surface area contributed by atoms with E-state index in [4.69, 9.17) is 9.72 Å². The number of methoxy groups -OCH3 is 1. The number of pyridine rings is 1. The Labute approximate surface area is 184 Å². The molecule has 7 nitrogen and oxygen atoms in total. The van der Waals surface area contributed by atoms with E-state index in [0.29, 0.717) is 5.95 Å². The first-order chi connectivity index (χ1) is 15.8. The third-order valence-corrected chi connectivity index (χ3v) is 6.16. The molecule has 7 heteroatoms. The Morgan fingerprint density at radius 3 is 2.47 bits per heavy atom. The number of H-pyrrole nitrogens is 1. The normalized spacial score (nSPS) is 13.3. The number of nitrogens with one attached hydrogen (secondary N) is 2. The molecule has 0 radical (unpaired) electrons. The minimum absolute atomic E-state index is 0.550. The number of ether oxygens (including phenoxy) is 1. The number of nitrogens with zero attached hydrogens (tertiary/aromatic N) is 4. The quantitative estimate of drug-likeness (QED) is 0.414. The second-order valence-electron chi connectivity index (χ2n) is 8.06. The van der Waals surface area contributed by atoms with E-state index in [1.807, 2.05) is 42.9 Å². The fraction of sp³-hybridized carbons (Fsp3) is 0.200. The molecule has 0 unspecified atom stereocenters. The van der Waals surface area contributed by atoms with Gasteiger partial charge in [-0.15, -0.1) is 0 Å². The third kappa shape index (κ3) is 3.13. The first-order valence-corrected chi connectivity index (χ1v) is 10.8. The molecule has 2 N–H and O–H groups in total. The minimum atomic E-state index is 0.550. The van der Waals surface area contributed by atoms with Gasteiger partial charge in [0.05, 0.1) is 30.0 Å². The van der Waals surface area contributed by atoms with Gasteiger partial charge in [-0.05, 0) is 73.2 Å². The molecule has 3 aromatic heterocycles. The van der Waals surface area contributed by atoms with Gasteiger partial charge in [0, 0.05) is 34.4 Å². The molecule has 0 aliphatic heterocycles. The SMILES string of the molecule is COc1ccc(Nc2ncc(-c3nc4ccc5[nH]ncc5c4c4c3CCCC4)cn2)cc1. The molecule has 158 valence electrons. The predicted molar refractivity (Wildman–Crippen MR) is 125 cm³/mol. The number of aromatic amines is 1. The Hall–Kier alpha value is -4.00. The van der Waals surface area contributed by atoms with E-state index < -0.39 is 0 Å². The van der Waals surface area contributed by atoms with Crippen molar-refractivity contribution >= 4 is 33.4 Å². The molecule has 1 aliphatic rings. The molecular weight excluding hydrogens is 400 g/mol. The van der Waals surface area contributed by atoms with Crippen LogP contribution in [0.1, 0.15) is 24.0 Å². The maximum atomic E-state index is 5.21. The number of benzene rings is 2. The average Bonchev–Trinajstić information content (AvgIpc) is 3.33. The molecule has 1 aliphatic carbocycles. The lowest BCUT2D eigenvalue weighted by Crippen LogP contribution is -2.08. The molecule has 0 saturated carbocycles. The van der Waals surface area contributed by atoms with E-state index in [-0.39, 0.29) is 0 Å². The first kappa shape index (κ1) is 18.7. The van der Waals surface area contributed by atoms with Crippen molar-refractivity contribution in [2.24, 2.45) is 0 Å². The van der Waals surface area contributed by atoms with Gasteiger partial charge in [0.15, 0.2) is 0 Å². The first-order valence-electron chi connectivity index (χ1n) is 10.8. The molecule has 0 amide bonds. The van der Waals surface area contributed by atoms with Crippen LogP contribution in [0.3, 0.4) is 0 Å². The Morgan fingerprint density at radius 2 is 1.69 bits per heavy atom. The second-order valence-corrected chi connectivity index (χ2v) is 8.06. The zero-order valence-corrected chi connectivity index (χ0v) is 17.7. The summed E-state index contributed by atoms with van der Waals surface area (Å²) in [6, 6.07) is 11.8. The predicted octanol–water partition coefficient (Wildman–Crippen LogP) is 5.20. The number of hydrogen-bond donors (Lipinski definition) is 2. The van der Waals surface area contributed by atoms with Crippen LogP contribution in [-0.2, 0) is 12.8 Å². The standard InChI is InChI=1S/C25H22N6O/c1-32-17-8-6-16(7-9-17)29-25-26-12-15(13-27-25)24-19-5-3-2-4-18(19)23-20-14-28-31-21(20)10-11-22(23)30-24/h6-14H,2-5H2,1H3,(H,28,31)(H,26,27,29). The summed E-state index contributed by atoms with van der Waals surface area (Å²) in [4.78, 5) is 14.2. The molecule has 2 aromatic carbocycles. The summed E-state index contributed by atoms with van der Waals surface area (Å²) in [5.74, 6) is 1.36. The van der Waals surface area contributed by atoms with Gasteiger partial charge in [-0.25, -0.2) is 15.0 Å².